The fourth-order valence-electron chi connectivity index (χ4n) is 2.24. The van der Waals surface area contributed by atoms with Gasteiger partial charge in [0.25, 0.3) is 5.91 Å². The fraction of sp³-hybridized carbons (Fsp3) is 0.0588. The van der Waals surface area contributed by atoms with E-state index >= 15 is 0 Å². The first-order chi connectivity index (χ1) is 12.2. The molecule has 0 radical (unpaired) electrons. The Morgan fingerprint density at radius 1 is 1.20 bits per heavy atom. The Bertz CT molecular complexity index is 885. The molecule has 8 nitrogen and oxygen atoms in total. The van der Waals surface area contributed by atoms with E-state index in [-0.39, 0.29) is 0 Å². The van der Waals surface area contributed by atoms with Crippen molar-refractivity contribution >= 4 is 17.5 Å². The van der Waals surface area contributed by atoms with Gasteiger partial charge >= 0.3 is 0 Å². The van der Waals surface area contributed by atoms with Crippen LogP contribution in [-0.2, 0) is 0 Å². The highest BCUT2D eigenvalue weighted by molar-refractivity contribution is 5.95. The molecule has 25 heavy (non-hydrogen) atoms. The van der Waals surface area contributed by atoms with E-state index in [0.29, 0.717) is 22.9 Å². The summed E-state index contributed by atoms with van der Waals surface area (Å²) in [6, 6.07) is 10.4. The zero-order valence-electron chi connectivity index (χ0n) is 13.4. The number of nitrogen functional groups attached to an aromatic ring is 1. The van der Waals surface area contributed by atoms with E-state index < -0.39 is 5.91 Å². The van der Waals surface area contributed by atoms with Crippen LogP contribution in [0, 0.1) is 0 Å². The van der Waals surface area contributed by atoms with Gasteiger partial charge in [-0.15, -0.1) is 0 Å². The molecule has 1 amide bonds. The number of aromatic nitrogens is 3. The summed E-state index contributed by atoms with van der Waals surface area (Å²) in [5.41, 5.74) is 4.62. The Labute approximate surface area is 144 Å². The molecule has 0 saturated carbocycles. The number of nitrogens with zero attached hydrogens (tertiary/aromatic N) is 3. The molecule has 0 bridgehead atoms. The third kappa shape index (κ3) is 3.70. The molecule has 0 spiro atoms. The van der Waals surface area contributed by atoms with Gasteiger partial charge in [0.2, 0.25) is 5.95 Å². The summed E-state index contributed by atoms with van der Waals surface area (Å²) in [5, 5.41) is 3.06. The predicted molar refractivity (Wildman–Crippen MR) is 93.2 cm³/mol. The molecule has 4 N–H and O–H groups in total. The van der Waals surface area contributed by atoms with Gasteiger partial charge in [0, 0.05) is 29.7 Å². The monoisotopic (exact) mass is 336 g/mol. The molecule has 0 fully saturated rings. The van der Waals surface area contributed by atoms with E-state index in [1.54, 1.807) is 42.9 Å². The lowest BCUT2D eigenvalue weighted by molar-refractivity contribution is 0.0953. The number of carbonyl (C=O) groups is 1. The summed E-state index contributed by atoms with van der Waals surface area (Å²) in [6.45, 7) is 0. The molecular formula is C17H16N6O2. The molecule has 3 rings (SSSR count). The van der Waals surface area contributed by atoms with Crippen LogP contribution in [0.2, 0.25) is 0 Å². The molecule has 1 aromatic carbocycles. The Morgan fingerprint density at radius 2 is 2.08 bits per heavy atom. The van der Waals surface area contributed by atoms with Gasteiger partial charge in [0.1, 0.15) is 5.75 Å². The third-order valence-electron chi connectivity index (χ3n) is 3.45. The first-order valence-corrected chi connectivity index (χ1v) is 7.40. The molecule has 3 aromatic rings. The van der Waals surface area contributed by atoms with Crippen LogP contribution in [0.5, 0.6) is 5.75 Å². The number of hydrogen-bond acceptors (Lipinski definition) is 7. The first-order valence-electron chi connectivity index (χ1n) is 7.40. The highest BCUT2D eigenvalue weighted by atomic mass is 16.5. The van der Waals surface area contributed by atoms with Crippen molar-refractivity contribution in [1.82, 2.24) is 20.4 Å². The highest BCUT2D eigenvalue weighted by Gasteiger charge is 2.11. The summed E-state index contributed by atoms with van der Waals surface area (Å²) in [7, 11) is 1.54. The number of methoxy groups -OCH3 is 1. The van der Waals surface area contributed by atoms with Crippen molar-refractivity contribution in [2.24, 2.45) is 5.84 Å². The van der Waals surface area contributed by atoms with Gasteiger partial charge in [-0.05, 0) is 36.4 Å². The van der Waals surface area contributed by atoms with Crippen LogP contribution in [0.4, 0.5) is 11.6 Å². The molecule has 126 valence electrons. The van der Waals surface area contributed by atoms with E-state index in [1.807, 2.05) is 12.1 Å². The van der Waals surface area contributed by atoms with Crippen molar-refractivity contribution in [2.45, 2.75) is 0 Å². The molecule has 0 atom stereocenters. The number of anilines is 2. The van der Waals surface area contributed by atoms with Crippen molar-refractivity contribution in [3.63, 3.8) is 0 Å². The smallest absolute Gasteiger partial charge is 0.265 e. The average molecular weight is 336 g/mol. The Morgan fingerprint density at radius 3 is 2.80 bits per heavy atom. The average Bonchev–Trinajstić information content (AvgIpc) is 2.68. The summed E-state index contributed by atoms with van der Waals surface area (Å²) >= 11 is 0. The fourth-order valence-corrected chi connectivity index (χ4v) is 2.24. The van der Waals surface area contributed by atoms with Crippen LogP contribution in [0.3, 0.4) is 0 Å². The van der Waals surface area contributed by atoms with Gasteiger partial charge in [-0.3, -0.25) is 15.2 Å². The lowest BCUT2D eigenvalue weighted by Crippen LogP contribution is -2.29. The number of amides is 1. The topological polar surface area (TPSA) is 115 Å². The number of hydrazine groups is 1. The number of ether oxygens (including phenoxy) is 1. The summed E-state index contributed by atoms with van der Waals surface area (Å²) in [6.07, 6.45) is 5.06. The van der Waals surface area contributed by atoms with Crippen LogP contribution in [0.15, 0.2) is 55.0 Å². The molecular weight excluding hydrogens is 320 g/mol. The number of nitrogens with one attached hydrogen (secondary N) is 2. The second-order valence-corrected chi connectivity index (χ2v) is 5.02. The van der Waals surface area contributed by atoms with Crippen molar-refractivity contribution in [3.05, 3.63) is 60.6 Å². The minimum absolute atomic E-state index is 0.366. The Hall–Kier alpha value is -3.52. The predicted octanol–water partition coefficient (Wildman–Crippen LogP) is 1.89. The van der Waals surface area contributed by atoms with Gasteiger partial charge in [-0.1, -0.05) is 0 Å². The molecule has 0 aliphatic rings. The zero-order chi connectivity index (χ0) is 17.6. The minimum Gasteiger partial charge on any atom is -0.495 e. The van der Waals surface area contributed by atoms with Crippen LogP contribution in [0.25, 0.3) is 11.3 Å². The molecule has 0 aliphatic carbocycles. The molecule has 8 heteroatoms. The van der Waals surface area contributed by atoms with E-state index in [4.69, 9.17) is 10.6 Å². The van der Waals surface area contributed by atoms with Crippen LogP contribution in [0.1, 0.15) is 10.4 Å². The van der Waals surface area contributed by atoms with Crippen molar-refractivity contribution < 1.29 is 9.53 Å². The van der Waals surface area contributed by atoms with E-state index in [0.717, 1.165) is 11.3 Å². The van der Waals surface area contributed by atoms with Crippen molar-refractivity contribution in [1.29, 1.82) is 0 Å². The van der Waals surface area contributed by atoms with Gasteiger partial charge in [-0.25, -0.2) is 15.8 Å². The summed E-state index contributed by atoms with van der Waals surface area (Å²) in [5.74, 6) is 5.68. The summed E-state index contributed by atoms with van der Waals surface area (Å²) < 4.78 is 5.31. The van der Waals surface area contributed by atoms with Gasteiger partial charge < -0.3 is 10.1 Å². The van der Waals surface area contributed by atoms with Gasteiger partial charge in [0.15, 0.2) is 0 Å². The SMILES string of the molecule is COc1ccc(C(=O)NN)cc1Nc1nccc(-c2cccnc2)n1. The second-order valence-electron chi connectivity index (χ2n) is 5.02. The highest BCUT2D eigenvalue weighted by Crippen LogP contribution is 2.28. The maximum atomic E-state index is 11.7. The number of benzene rings is 1. The van der Waals surface area contributed by atoms with Crippen molar-refractivity contribution in [2.75, 3.05) is 12.4 Å². The van der Waals surface area contributed by atoms with Gasteiger partial charge in [0.05, 0.1) is 18.5 Å². The number of nitrogens with two attached hydrogens (primary N) is 1. The van der Waals surface area contributed by atoms with Crippen molar-refractivity contribution in [3.8, 4) is 17.0 Å². The minimum atomic E-state index is -0.407. The van der Waals surface area contributed by atoms with Crippen LogP contribution in [-0.4, -0.2) is 28.0 Å². The lowest BCUT2D eigenvalue weighted by atomic mass is 10.1. The molecule has 0 unspecified atom stereocenters. The number of rotatable bonds is 5. The normalized spacial score (nSPS) is 10.2. The quantitative estimate of drug-likeness (QED) is 0.370. The maximum absolute atomic E-state index is 11.7. The zero-order valence-corrected chi connectivity index (χ0v) is 13.4. The lowest BCUT2D eigenvalue weighted by Gasteiger charge is -2.12. The Balaban J connectivity index is 1.93. The number of pyridine rings is 1. The third-order valence-corrected chi connectivity index (χ3v) is 3.45. The second kappa shape index (κ2) is 7.37. The first kappa shape index (κ1) is 16.3. The van der Waals surface area contributed by atoms with Gasteiger partial charge in [-0.2, -0.15) is 0 Å². The standard InChI is InChI=1S/C17H16N6O2/c1-25-15-5-4-11(16(24)23-18)9-14(15)22-17-20-8-6-13(21-17)12-3-2-7-19-10-12/h2-10H,18H2,1H3,(H,23,24)(H,20,21,22). The van der Waals surface area contributed by atoms with E-state index in [9.17, 15) is 4.79 Å². The van der Waals surface area contributed by atoms with Crippen LogP contribution >= 0.6 is 0 Å². The van der Waals surface area contributed by atoms with Crippen LogP contribution < -0.4 is 21.3 Å². The van der Waals surface area contributed by atoms with E-state index in [2.05, 4.69) is 25.7 Å². The molecule has 2 aromatic heterocycles. The molecule has 0 saturated heterocycles. The number of carbonyl (C=O) groups excluding carboxylic acids is 1. The number of hydrogen-bond donors (Lipinski definition) is 3. The Kier molecular flexibility index (Phi) is 4.82. The molecule has 0 aliphatic heterocycles. The summed E-state index contributed by atoms with van der Waals surface area (Å²) in [4.78, 5) is 24.5. The maximum Gasteiger partial charge on any atom is 0.265 e. The largest absolute Gasteiger partial charge is 0.495 e. The van der Waals surface area contributed by atoms with E-state index in [1.165, 1.54) is 7.11 Å². The molecule has 2 heterocycles.